The second kappa shape index (κ2) is 6.58. The molecule has 3 heteroatoms. The van der Waals surface area contributed by atoms with Crippen molar-refractivity contribution >= 4 is 15.9 Å². The lowest BCUT2D eigenvalue weighted by Crippen LogP contribution is -2.15. The Kier molecular flexibility index (Phi) is 5.07. The van der Waals surface area contributed by atoms with E-state index >= 15 is 0 Å². The third-order valence-electron chi connectivity index (χ3n) is 3.89. The van der Waals surface area contributed by atoms with Gasteiger partial charge >= 0.3 is 0 Å². The van der Waals surface area contributed by atoms with Crippen LogP contribution in [0, 0.1) is 5.92 Å². The molecule has 0 bridgehead atoms. The molecule has 1 aromatic carbocycles. The van der Waals surface area contributed by atoms with Crippen LogP contribution in [0.5, 0.6) is 5.75 Å². The molecule has 0 aliphatic heterocycles. The van der Waals surface area contributed by atoms with Gasteiger partial charge in [-0.25, -0.2) is 0 Å². The number of nitrogens with one attached hydrogen (secondary N) is 1. The van der Waals surface area contributed by atoms with Crippen LogP contribution in [-0.4, -0.2) is 13.7 Å². The van der Waals surface area contributed by atoms with E-state index in [0.29, 0.717) is 6.04 Å². The number of hydrogen-bond acceptors (Lipinski definition) is 2. The minimum absolute atomic E-state index is 0.350. The summed E-state index contributed by atoms with van der Waals surface area (Å²) >= 11 is 3.61. The van der Waals surface area contributed by atoms with Gasteiger partial charge in [-0.15, -0.1) is 0 Å². The summed E-state index contributed by atoms with van der Waals surface area (Å²) in [6.07, 6.45) is 5.40. The fourth-order valence-electron chi connectivity index (χ4n) is 2.23. The highest BCUT2D eigenvalue weighted by molar-refractivity contribution is 9.10. The molecule has 1 aromatic rings. The minimum Gasteiger partial charge on any atom is -0.494 e. The van der Waals surface area contributed by atoms with Gasteiger partial charge in [0, 0.05) is 10.5 Å². The molecule has 0 spiro atoms. The zero-order valence-corrected chi connectivity index (χ0v) is 12.8. The zero-order chi connectivity index (χ0) is 13.0. The highest BCUT2D eigenvalue weighted by Gasteiger charge is 2.17. The van der Waals surface area contributed by atoms with E-state index in [0.717, 1.165) is 22.7 Å². The lowest BCUT2D eigenvalue weighted by molar-refractivity contribution is 0.222. The molecule has 0 radical (unpaired) electrons. The van der Waals surface area contributed by atoms with E-state index in [2.05, 4.69) is 46.4 Å². The van der Waals surface area contributed by atoms with E-state index in [1.165, 1.54) is 31.2 Å². The van der Waals surface area contributed by atoms with Crippen molar-refractivity contribution < 1.29 is 4.74 Å². The van der Waals surface area contributed by atoms with Crippen molar-refractivity contribution in [2.45, 2.75) is 38.6 Å². The molecule has 2 nitrogen and oxygen atoms in total. The SMILES string of the molecule is CNC(C)c1ccc(OCCC2CCC2)cc1Br. The van der Waals surface area contributed by atoms with E-state index in [-0.39, 0.29) is 0 Å². The van der Waals surface area contributed by atoms with Crippen LogP contribution in [-0.2, 0) is 0 Å². The maximum Gasteiger partial charge on any atom is 0.120 e. The monoisotopic (exact) mass is 311 g/mol. The molecule has 1 aliphatic rings. The lowest BCUT2D eigenvalue weighted by atomic mass is 9.83. The number of ether oxygens (including phenoxy) is 1. The van der Waals surface area contributed by atoms with Crippen molar-refractivity contribution in [1.82, 2.24) is 5.32 Å². The van der Waals surface area contributed by atoms with Gasteiger partial charge in [0.05, 0.1) is 6.61 Å². The summed E-state index contributed by atoms with van der Waals surface area (Å²) in [6.45, 7) is 3.00. The van der Waals surface area contributed by atoms with Gasteiger partial charge in [-0.2, -0.15) is 0 Å². The van der Waals surface area contributed by atoms with Crippen molar-refractivity contribution in [2.75, 3.05) is 13.7 Å². The molecule has 1 fully saturated rings. The Morgan fingerprint density at radius 2 is 2.22 bits per heavy atom. The van der Waals surface area contributed by atoms with Gasteiger partial charge < -0.3 is 10.1 Å². The second-order valence-corrected chi connectivity index (χ2v) is 5.98. The summed E-state index contributed by atoms with van der Waals surface area (Å²) in [6, 6.07) is 6.62. The number of benzene rings is 1. The van der Waals surface area contributed by atoms with Crippen molar-refractivity contribution in [2.24, 2.45) is 5.92 Å². The first kappa shape index (κ1) is 13.9. The van der Waals surface area contributed by atoms with Gasteiger partial charge in [0.15, 0.2) is 0 Å². The van der Waals surface area contributed by atoms with Gasteiger partial charge in [0.25, 0.3) is 0 Å². The van der Waals surface area contributed by atoms with Crippen molar-refractivity contribution in [3.63, 3.8) is 0 Å². The molecule has 1 N–H and O–H groups in total. The summed E-state index contributed by atoms with van der Waals surface area (Å²) in [5.41, 5.74) is 1.27. The Bertz CT molecular complexity index is 390. The molecular weight excluding hydrogens is 290 g/mol. The van der Waals surface area contributed by atoms with Gasteiger partial charge in [-0.1, -0.05) is 41.3 Å². The topological polar surface area (TPSA) is 21.3 Å². The zero-order valence-electron chi connectivity index (χ0n) is 11.2. The Hall–Kier alpha value is -0.540. The number of halogens is 1. The fourth-order valence-corrected chi connectivity index (χ4v) is 2.93. The molecular formula is C15H22BrNO. The minimum atomic E-state index is 0.350. The molecule has 0 aromatic heterocycles. The van der Waals surface area contributed by atoms with Gasteiger partial charge in [0.1, 0.15) is 5.75 Å². The standard InChI is InChI=1S/C15H22BrNO/c1-11(17-2)14-7-6-13(10-15(14)16)18-9-8-12-4-3-5-12/h6-7,10-12,17H,3-5,8-9H2,1-2H3. The predicted octanol–water partition coefficient (Wildman–Crippen LogP) is 4.30. The molecule has 0 heterocycles. The van der Waals surface area contributed by atoms with Crippen LogP contribution in [0.4, 0.5) is 0 Å². The molecule has 0 saturated heterocycles. The van der Waals surface area contributed by atoms with Gasteiger partial charge in [0.2, 0.25) is 0 Å². The number of hydrogen-bond donors (Lipinski definition) is 1. The van der Waals surface area contributed by atoms with E-state index in [4.69, 9.17) is 4.74 Å². The molecule has 1 saturated carbocycles. The molecule has 1 aliphatic carbocycles. The average molecular weight is 312 g/mol. The smallest absolute Gasteiger partial charge is 0.120 e. The molecule has 0 amide bonds. The Morgan fingerprint density at radius 3 is 2.78 bits per heavy atom. The predicted molar refractivity (Wildman–Crippen MR) is 79.1 cm³/mol. The normalized spacial score (nSPS) is 17.3. The Morgan fingerprint density at radius 1 is 1.44 bits per heavy atom. The van der Waals surface area contributed by atoms with Crippen LogP contribution >= 0.6 is 15.9 Å². The first-order chi connectivity index (χ1) is 8.70. The maximum absolute atomic E-state index is 5.81. The molecule has 100 valence electrons. The fraction of sp³-hybridized carbons (Fsp3) is 0.600. The molecule has 2 rings (SSSR count). The second-order valence-electron chi connectivity index (χ2n) is 5.13. The first-order valence-corrected chi connectivity index (χ1v) is 7.59. The van der Waals surface area contributed by atoms with Crippen molar-refractivity contribution in [3.8, 4) is 5.75 Å². The summed E-state index contributed by atoms with van der Waals surface area (Å²) in [7, 11) is 1.97. The van der Waals surface area contributed by atoms with Crippen LogP contribution < -0.4 is 10.1 Å². The van der Waals surface area contributed by atoms with E-state index in [9.17, 15) is 0 Å². The van der Waals surface area contributed by atoms with Crippen LogP contribution in [0.25, 0.3) is 0 Å². The molecule has 1 atom stereocenters. The largest absolute Gasteiger partial charge is 0.494 e. The average Bonchev–Trinajstić information content (AvgIpc) is 2.31. The van der Waals surface area contributed by atoms with Gasteiger partial charge in [-0.05, 0) is 44.0 Å². The Labute approximate surface area is 118 Å². The highest BCUT2D eigenvalue weighted by Crippen LogP contribution is 2.30. The Balaban J connectivity index is 1.87. The summed E-state index contributed by atoms with van der Waals surface area (Å²) in [4.78, 5) is 0. The summed E-state index contributed by atoms with van der Waals surface area (Å²) in [5.74, 6) is 1.88. The van der Waals surface area contributed by atoms with Crippen LogP contribution in [0.3, 0.4) is 0 Å². The quantitative estimate of drug-likeness (QED) is 0.845. The van der Waals surface area contributed by atoms with Crippen molar-refractivity contribution in [3.05, 3.63) is 28.2 Å². The highest BCUT2D eigenvalue weighted by atomic mass is 79.9. The van der Waals surface area contributed by atoms with E-state index in [1.54, 1.807) is 0 Å². The lowest BCUT2D eigenvalue weighted by Gasteiger charge is -2.25. The molecule has 1 unspecified atom stereocenters. The number of rotatable bonds is 6. The van der Waals surface area contributed by atoms with Crippen LogP contribution in [0.2, 0.25) is 0 Å². The van der Waals surface area contributed by atoms with Crippen LogP contribution in [0.1, 0.15) is 44.2 Å². The van der Waals surface area contributed by atoms with Crippen LogP contribution in [0.15, 0.2) is 22.7 Å². The van der Waals surface area contributed by atoms with E-state index in [1.807, 2.05) is 7.05 Å². The third kappa shape index (κ3) is 3.48. The maximum atomic E-state index is 5.81. The van der Waals surface area contributed by atoms with Gasteiger partial charge in [-0.3, -0.25) is 0 Å². The third-order valence-corrected chi connectivity index (χ3v) is 4.58. The summed E-state index contributed by atoms with van der Waals surface area (Å²) < 4.78 is 6.93. The molecule has 18 heavy (non-hydrogen) atoms. The van der Waals surface area contributed by atoms with E-state index < -0.39 is 0 Å². The van der Waals surface area contributed by atoms with Crippen molar-refractivity contribution in [1.29, 1.82) is 0 Å². The first-order valence-electron chi connectivity index (χ1n) is 6.80. The summed E-state index contributed by atoms with van der Waals surface area (Å²) in [5, 5.41) is 3.24.